The predicted octanol–water partition coefficient (Wildman–Crippen LogP) is 3.17. The minimum Gasteiger partial charge on any atom is -0.480 e. The highest BCUT2D eigenvalue weighted by Gasteiger charge is 2.80. The van der Waals surface area contributed by atoms with Crippen molar-refractivity contribution in [1.82, 2.24) is 0 Å². The van der Waals surface area contributed by atoms with Crippen LogP contribution in [0.4, 0.5) is 0 Å². The largest absolute Gasteiger partial charge is 0.480 e. The maximum Gasteiger partial charge on any atom is 0.321 e. The molecule has 12 nitrogen and oxygen atoms in total. The lowest BCUT2D eigenvalue weighted by Gasteiger charge is -2.61. The molecule has 3 aliphatic carbocycles. The lowest BCUT2D eigenvalue weighted by atomic mass is 9.37. The topological polar surface area (TPSA) is 224 Å². The normalized spacial score (nSPS) is 22.7. The van der Waals surface area contributed by atoms with E-state index in [9.17, 15) is 59.4 Å². The molecule has 0 aromatic rings. The van der Waals surface area contributed by atoms with Crippen molar-refractivity contribution >= 4 is 35.8 Å². The smallest absolute Gasteiger partial charge is 0.321 e. The molecule has 0 spiro atoms. The molecule has 0 bridgehead atoms. The first-order valence-electron chi connectivity index (χ1n) is 13.2. The third-order valence-electron chi connectivity index (χ3n) is 10.1. The first-order chi connectivity index (χ1) is 17.8. The molecule has 212 valence electrons. The van der Waals surface area contributed by atoms with Gasteiger partial charge in [0.15, 0.2) is 16.2 Å². The van der Waals surface area contributed by atoms with Crippen molar-refractivity contribution in [2.24, 2.45) is 33.5 Å². The molecule has 0 atom stereocenters. The molecule has 12 heteroatoms. The molecule has 3 saturated carbocycles. The molecular weight excluding hydrogens is 504 g/mol. The zero-order valence-electron chi connectivity index (χ0n) is 21.2. The fourth-order valence-corrected chi connectivity index (χ4v) is 8.28. The second kappa shape index (κ2) is 10.5. The van der Waals surface area contributed by atoms with Crippen LogP contribution in [0.2, 0.25) is 0 Å². The molecular formula is C26H36O12. The molecule has 3 rings (SSSR count). The Labute approximate surface area is 219 Å². The monoisotopic (exact) mass is 540 g/mol. The molecule has 3 aliphatic rings. The van der Waals surface area contributed by atoms with Crippen LogP contribution in [0.1, 0.15) is 89.9 Å². The van der Waals surface area contributed by atoms with E-state index in [0.29, 0.717) is 38.5 Å². The first kappa shape index (κ1) is 29.4. The van der Waals surface area contributed by atoms with Crippen LogP contribution in [0.5, 0.6) is 0 Å². The standard InChI is InChI=1S/C26H36O12/c27-17(28)23(18(29)30)11-13-24(14-12-23,25(19(31)32,20(33)34)15-7-3-1-4-8-15)26(21(35)36,22(37)38)16-9-5-2-6-10-16/h15-16H,1-14H2,(H,27,28)(H,29,30)(H,31,32)(H,33,34)(H,35,36)(H,37,38). The van der Waals surface area contributed by atoms with Gasteiger partial charge in [-0.1, -0.05) is 38.5 Å². The number of hydrogen-bond donors (Lipinski definition) is 6. The number of rotatable bonds is 10. The Morgan fingerprint density at radius 3 is 1.00 bits per heavy atom. The minimum absolute atomic E-state index is 0.114. The maximum absolute atomic E-state index is 13.3. The maximum atomic E-state index is 13.3. The van der Waals surface area contributed by atoms with E-state index in [4.69, 9.17) is 0 Å². The molecule has 0 heterocycles. The Balaban J connectivity index is 2.45. The fraction of sp³-hybridized carbons (Fsp3) is 0.769. The predicted molar refractivity (Wildman–Crippen MR) is 127 cm³/mol. The molecule has 0 aromatic heterocycles. The van der Waals surface area contributed by atoms with E-state index in [0.717, 1.165) is 0 Å². The summed E-state index contributed by atoms with van der Waals surface area (Å²) in [6.07, 6.45) is 0.550. The van der Waals surface area contributed by atoms with Gasteiger partial charge in [0.2, 0.25) is 0 Å². The van der Waals surface area contributed by atoms with Gasteiger partial charge >= 0.3 is 35.8 Å². The summed E-state index contributed by atoms with van der Waals surface area (Å²) in [5, 5.41) is 62.6. The van der Waals surface area contributed by atoms with Crippen molar-refractivity contribution < 1.29 is 59.4 Å². The number of aliphatic carboxylic acids is 6. The van der Waals surface area contributed by atoms with Crippen LogP contribution in [0.15, 0.2) is 0 Å². The molecule has 0 amide bonds. The van der Waals surface area contributed by atoms with Crippen LogP contribution in [0.3, 0.4) is 0 Å². The molecule has 0 unspecified atom stereocenters. The summed E-state index contributed by atoms with van der Waals surface area (Å²) < 4.78 is 0. The number of hydrogen-bond acceptors (Lipinski definition) is 6. The van der Waals surface area contributed by atoms with E-state index < -0.39 is 95.0 Å². The van der Waals surface area contributed by atoms with Gasteiger partial charge in [-0.15, -0.1) is 0 Å². The van der Waals surface area contributed by atoms with Gasteiger partial charge in [0.05, 0.1) is 0 Å². The summed E-state index contributed by atoms with van der Waals surface area (Å²) in [6.45, 7) is 0. The van der Waals surface area contributed by atoms with Crippen LogP contribution in [-0.2, 0) is 28.8 Å². The summed E-state index contributed by atoms with van der Waals surface area (Å²) in [6, 6.07) is 0. The van der Waals surface area contributed by atoms with E-state index in [-0.39, 0.29) is 25.7 Å². The van der Waals surface area contributed by atoms with Crippen LogP contribution in [-0.4, -0.2) is 66.5 Å². The Bertz CT molecular complexity index is 894. The van der Waals surface area contributed by atoms with Gasteiger partial charge in [0, 0.05) is 5.41 Å². The molecule has 6 N–H and O–H groups in total. The highest BCUT2D eigenvalue weighted by molar-refractivity contribution is 6.06. The summed E-state index contributed by atoms with van der Waals surface area (Å²) in [7, 11) is 0. The van der Waals surface area contributed by atoms with Crippen molar-refractivity contribution in [2.75, 3.05) is 0 Å². The van der Waals surface area contributed by atoms with Crippen molar-refractivity contribution in [3.8, 4) is 0 Å². The quantitative estimate of drug-likeness (QED) is 0.220. The van der Waals surface area contributed by atoms with Gasteiger partial charge in [-0.25, -0.2) is 0 Å². The summed E-state index contributed by atoms with van der Waals surface area (Å²) in [4.78, 5) is 77.3. The molecule has 0 radical (unpaired) electrons. The van der Waals surface area contributed by atoms with Crippen molar-refractivity contribution in [1.29, 1.82) is 0 Å². The van der Waals surface area contributed by atoms with E-state index in [2.05, 4.69) is 0 Å². The summed E-state index contributed by atoms with van der Waals surface area (Å²) in [5.41, 5.74) is -10.7. The van der Waals surface area contributed by atoms with Crippen molar-refractivity contribution in [3.05, 3.63) is 0 Å². The van der Waals surface area contributed by atoms with E-state index in [1.165, 1.54) is 0 Å². The molecule has 3 fully saturated rings. The number of carboxylic acids is 6. The van der Waals surface area contributed by atoms with Gasteiger partial charge in [0.25, 0.3) is 0 Å². The molecule has 0 aromatic carbocycles. The molecule has 38 heavy (non-hydrogen) atoms. The third kappa shape index (κ3) is 3.86. The van der Waals surface area contributed by atoms with E-state index in [1.54, 1.807) is 0 Å². The zero-order chi connectivity index (χ0) is 28.5. The second-order valence-electron chi connectivity index (χ2n) is 11.3. The van der Waals surface area contributed by atoms with Crippen LogP contribution in [0.25, 0.3) is 0 Å². The minimum atomic E-state index is -2.88. The van der Waals surface area contributed by atoms with Crippen LogP contribution < -0.4 is 0 Å². The summed E-state index contributed by atoms with van der Waals surface area (Å²) in [5.74, 6) is -13.1. The molecule has 0 aliphatic heterocycles. The Hall–Kier alpha value is -3.18. The SMILES string of the molecule is O=C(O)C1(C(=O)O)CCC(C(C(=O)O)(C(=O)O)C2CCCCC2)(C(C(=O)O)(C(=O)O)C2CCCCC2)CC1. The van der Waals surface area contributed by atoms with Gasteiger partial charge in [-0.2, -0.15) is 0 Å². The average molecular weight is 541 g/mol. The van der Waals surface area contributed by atoms with Gasteiger partial charge < -0.3 is 30.6 Å². The average Bonchev–Trinajstić information content (AvgIpc) is 2.85. The first-order valence-corrected chi connectivity index (χ1v) is 13.2. The summed E-state index contributed by atoms with van der Waals surface area (Å²) >= 11 is 0. The van der Waals surface area contributed by atoms with Crippen LogP contribution in [0, 0.1) is 33.5 Å². The Morgan fingerprint density at radius 2 is 0.763 bits per heavy atom. The third-order valence-corrected chi connectivity index (χ3v) is 10.1. The Morgan fingerprint density at radius 1 is 0.474 bits per heavy atom. The van der Waals surface area contributed by atoms with Gasteiger partial charge in [-0.05, 0) is 63.2 Å². The van der Waals surface area contributed by atoms with Crippen LogP contribution >= 0.6 is 0 Å². The van der Waals surface area contributed by atoms with E-state index >= 15 is 0 Å². The highest BCUT2D eigenvalue weighted by Crippen LogP contribution is 2.70. The highest BCUT2D eigenvalue weighted by atomic mass is 16.4. The van der Waals surface area contributed by atoms with E-state index in [1.807, 2.05) is 0 Å². The Kier molecular flexibility index (Phi) is 8.14. The number of carboxylic acid groups (broad SMARTS) is 6. The van der Waals surface area contributed by atoms with Crippen molar-refractivity contribution in [3.63, 3.8) is 0 Å². The lowest BCUT2D eigenvalue weighted by molar-refractivity contribution is -0.228. The second-order valence-corrected chi connectivity index (χ2v) is 11.3. The zero-order valence-corrected chi connectivity index (χ0v) is 21.2. The van der Waals surface area contributed by atoms with Gasteiger partial charge in [-0.3, -0.25) is 28.8 Å². The molecule has 0 saturated heterocycles. The lowest BCUT2D eigenvalue weighted by Crippen LogP contribution is -2.72. The number of carbonyl (C=O) groups is 6. The fourth-order valence-electron chi connectivity index (χ4n) is 8.28. The van der Waals surface area contributed by atoms with Crippen molar-refractivity contribution in [2.45, 2.75) is 89.9 Å². The van der Waals surface area contributed by atoms with Gasteiger partial charge in [0.1, 0.15) is 0 Å².